The van der Waals surface area contributed by atoms with Gasteiger partial charge in [0.05, 0.1) is 15.8 Å². The molecule has 20 heavy (non-hydrogen) atoms. The van der Waals surface area contributed by atoms with Crippen molar-refractivity contribution in [3.8, 4) is 0 Å². The lowest BCUT2D eigenvalue weighted by atomic mass is 10.2. The van der Waals surface area contributed by atoms with Crippen LogP contribution < -0.4 is 0 Å². The van der Waals surface area contributed by atoms with E-state index < -0.39 is 29.0 Å². The second-order valence-electron chi connectivity index (χ2n) is 3.61. The van der Waals surface area contributed by atoms with Crippen LogP contribution in [0.3, 0.4) is 0 Å². The van der Waals surface area contributed by atoms with Gasteiger partial charge in [-0.25, -0.2) is 13.4 Å². The van der Waals surface area contributed by atoms with E-state index in [0.29, 0.717) is 11.3 Å². The lowest BCUT2D eigenvalue weighted by Gasteiger charge is -2.08. The minimum absolute atomic E-state index is 0.127. The van der Waals surface area contributed by atoms with Crippen LogP contribution in [0.2, 0.25) is 0 Å². The molecule has 0 fully saturated rings. The molecule has 2 rings (SSSR count). The number of thiazole rings is 1. The minimum Gasteiger partial charge on any atom is -0.225 e. The summed E-state index contributed by atoms with van der Waals surface area (Å²) in [5, 5.41) is 0. The van der Waals surface area contributed by atoms with E-state index in [4.69, 9.17) is 34.8 Å². The summed E-state index contributed by atoms with van der Waals surface area (Å²) in [4.78, 5) is 3.60. The highest BCUT2D eigenvalue weighted by molar-refractivity contribution is 7.98. The molecule has 0 aliphatic carbocycles. The summed E-state index contributed by atoms with van der Waals surface area (Å²) >= 11 is 16.6. The number of halogens is 6. The van der Waals surface area contributed by atoms with Crippen LogP contribution in [0, 0.1) is 0 Å². The van der Waals surface area contributed by atoms with E-state index >= 15 is 0 Å². The van der Waals surface area contributed by atoms with E-state index in [0.717, 1.165) is 18.2 Å². The number of nitrogens with zero attached hydrogens (tertiary/aromatic N) is 1. The first kappa shape index (κ1) is 16.1. The van der Waals surface area contributed by atoms with Crippen molar-refractivity contribution in [1.29, 1.82) is 0 Å². The molecule has 0 spiro atoms. The highest BCUT2D eigenvalue weighted by atomic mass is 35.6. The lowest BCUT2D eigenvalue weighted by Crippen LogP contribution is -2.19. The van der Waals surface area contributed by atoms with E-state index in [2.05, 4.69) is 4.98 Å². The largest absolute Gasteiger partial charge is 0.416 e. The molecular formula is C9H3Cl3F3NO2S2. The topological polar surface area (TPSA) is 47.0 Å². The number of alkyl halides is 6. The lowest BCUT2D eigenvalue weighted by molar-refractivity contribution is -0.137. The third-order valence-corrected chi connectivity index (χ3v) is 6.96. The molecule has 1 aromatic heterocycles. The van der Waals surface area contributed by atoms with Crippen LogP contribution >= 0.6 is 46.1 Å². The molecule has 11 heteroatoms. The van der Waals surface area contributed by atoms with Crippen molar-refractivity contribution in [2.45, 2.75) is 13.6 Å². The van der Waals surface area contributed by atoms with Gasteiger partial charge < -0.3 is 0 Å². The number of hydrogen-bond acceptors (Lipinski definition) is 4. The molecule has 1 heterocycles. The first-order valence-corrected chi connectivity index (χ1v) is 8.15. The average molecular weight is 385 g/mol. The monoisotopic (exact) mass is 383 g/mol. The quantitative estimate of drug-likeness (QED) is 0.684. The SMILES string of the molecule is O=S(=O)(c1nc2cc(C(F)(F)F)ccc2s1)C(Cl)(Cl)Cl. The molecule has 2 aromatic rings. The molecule has 3 nitrogen and oxygen atoms in total. The number of fused-ring (bicyclic) bond motifs is 1. The van der Waals surface area contributed by atoms with Gasteiger partial charge in [0.15, 0.2) is 0 Å². The van der Waals surface area contributed by atoms with Crippen molar-refractivity contribution >= 4 is 66.2 Å². The number of hydrogen-bond donors (Lipinski definition) is 0. The van der Waals surface area contributed by atoms with Crippen LogP contribution in [0.1, 0.15) is 5.56 Å². The Morgan fingerprint density at radius 1 is 1.15 bits per heavy atom. The van der Waals surface area contributed by atoms with Gasteiger partial charge in [0, 0.05) is 0 Å². The summed E-state index contributed by atoms with van der Waals surface area (Å²) in [7, 11) is -4.36. The number of aromatic nitrogens is 1. The molecule has 0 bridgehead atoms. The second-order valence-corrected chi connectivity index (χ2v) is 9.86. The zero-order chi connectivity index (χ0) is 15.3. The molecule has 0 saturated heterocycles. The summed E-state index contributed by atoms with van der Waals surface area (Å²) in [6.45, 7) is 0. The Balaban J connectivity index is 2.62. The van der Waals surface area contributed by atoms with Gasteiger partial charge in [-0.05, 0) is 18.2 Å². The summed E-state index contributed by atoms with van der Waals surface area (Å²) in [6.07, 6.45) is -4.55. The van der Waals surface area contributed by atoms with Crippen LogP contribution in [0.5, 0.6) is 0 Å². The third kappa shape index (κ3) is 2.85. The molecule has 0 unspecified atom stereocenters. The fraction of sp³-hybridized carbons (Fsp3) is 0.222. The maximum atomic E-state index is 12.5. The first-order chi connectivity index (χ1) is 8.93. The van der Waals surface area contributed by atoms with Crippen molar-refractivity contribution in [3.63, 3.8) is 0 Å². The molecule has 0 aliphatic heterocycles. The molecule has 1 aromatic carbocycles. The van der Waals surface area contributed by atoms with Crippen LogP contribution in [-0.2, 0) is 16.0 Å². The zero-order valence-electron chi connectivity index (χ0n) is 9.08. The molecular weight excluding hydrogens is 382 g/mol. The Labute approximate surface area is 130 Å². The van der Waals surface area contributed by atoms with Crippen LogP contribution in [0.15, 0.2) is 22.5 Å². The molecule has 0 amide bonds. The maximum absolute atomic E-state index is 12.5. The zero-order valence-corrected chi connectivity index (χ0v) is 13.0. The van der Waals surface area contributed by atoms with Crippen molar-refractivity contribution in [1.82, 2.24) is 4.98 Å². The summed E-state index contributed by atoms with van der Waals surface area (Å²) in [6, 6.07) is 2.68. The Hall–Kier alpha value is -0.280. The summed E-state index contributed by atoms with van der Waals surface area (Å²) < 4.78 is 58.4. The van der Waals surface area contributed by atoms with Gasteiger partial charge in [0.25, 0.3) is 13.0 Å². The van der Waals surface area contributed by atoms with Gasteiger partial charge >= 0.3 is 6.18 Å². The maximum Gasteiger partial charge on any atom is 0.416 e. The smallest absolute Gasteiger partial charge is 0.225 e. The van der Waals surface area contributed by atoms with Crippen LogP contribution in [0.4, 0.5) is 13.2 Å². The second kappa shape index (κ2) is 4.88. The predicted molar refractivity (Wildman–Crippen MR) is 72.1 cm³/mol. The number of rotatable bonds is 1. The van der Waals surface area contributed by atoms with Crippen molar-refractivity contribution in [3.05, 3.63) is 23.8 Å². The fourth-order valence-electron chi connectivity index (χ4n) is 1.30. The third-order valence-electron chi connectivity index (χ3n) is 2.23. The number of sulfone groups is 1. The standard InChI is InChI=1S/C9H3Cl3F3NO2S2/c10-9(11,12)20(17,18)7-16-5-3-4(8(13,14)15)1-2-6(5)19-7/h1-3H. The number of benzene rings is 1. The van der Waals surface area contributed by atoms with Crippen LogP contribution in [0.25, 0.3) is 10.2 Å². The Morgan fingerprint density at radius 2 is 1.75 bits per heavy atom. The van der Waals surface area contributed by atoms with Crippen molar-refractivity contribution < 1.29 is 21.6 Å². The van der Waals surface area contributed by atoms with Gasteiger partial charge in [-0.15, -0.1) is 11.3 Å². The Bertz CT molecular complexity index is 765. The van der Waals surface area contributed by atoms with E-state index in [1.54, 1.807) is 0 Å². The van der Waals surface area contributed by atoms with Crippen LogP contribution in [-0.4, -0.2) is 16.5 Å². The highest BCUT2D eigenvalue weighted by Gasteiger charge is 2.42. The average Bonchev–Trinajstić information content (AvgIpc) is 2.68. The normalized spacial score (nSPS) is 13.9. The molecule has 0 radical (unpaired) electrons. The fourth-order valence-corrected chi connectivity index (χ4v) is 4.54. The van der Waals surface area contributed by atoms with Gasteiger partial charge in [0.2, 0.25) is 4.34 Å². The summed E-state index contributed by atoms with van der Waals surface area (Å²) in [5.74, 6) is 0. The van der Waals surface area contributed by atoms with Gasteiger partial charge in [0.1, 0.15) is 0 Å². The van der Waals surface area contributed by atoms with Crippen molar-refractivity contribution in [2.75, 3.05) is 0 Å². The molecule has 0 N–H and O–H groups in total. The highest BCUT2D eigenvalue weighted by Crippen LogP contribution is 2.41. The molecule has 0 atom stereocenters. The Morgan fingerprint density at radius 3 is 2.25 bits per heavy atom. The predicted octanol–water partition coefficient (Wildman–Crippen LogP) is 4.42. The van der Waals surface area contributed by atoms with E-state index in [9.17, 15) is 21.6 Å². The summed E-state index contributed by atoms with van der Waals surface area (Å²) in [5.41, 5.74) is -1.06. The van der Waals surface area contributed by atoms with E-state index in [-0.39, 0.29) is 10.2 Å². The minimum atomic E-state index is -4.55. The molecule has 0 aliphatic rings. The van der Waals surface area contributed by atoms with Gasteiger partial charge in [-0.2, -0.15) is 13.2 Å². The first-order valence-electron chi connectivity index (χ1n) is 4.72. The molecule has 0 saturated carbocycles. The Kier molecular flexibility index (Phi) is 3.92. The van der Waals surface area contributed by atoms with E-state index in [1.807, 2.05) is 0 Å². The van der Waals surface area contributed by atoms with Crippen molar-refractivity contribution in [2.24, 2.45) is 0 Å². The van der Waals surface area contributed by atoms with E-state index in [1.165, 1.54) is 0 Å². The van der Waals surface area contributed by atoms with Gasteiger partial charge in [-0.3, -0.25) is 0 Å². The van der Waals surface area contributed by atoms with Gasteiger partial charge in [-0.1, -0.05) is 34.8 Å². The molecule has 110 valence electrons.